The van der Waals surface area contributed by atoms with E-state index in [1.54, 1.807) is 6.92 Å². The summed E-state index contributed by atoms with van der Waals surface area (Å²) < 4.78 is 0. The van der Waals surface area contributed by atoms with Gasteiger partial charge in [-0.3, -0.25) is 9.69 Å². The molecule has 0 aliphatic carbocycles. The quantitative estimate of drug-likeness (QED) is 0.791. The van der Waals surface area contributed by atoms with Gasteiger partial charge >= 0.3 is 0 Å². The number of carbonyl (C=O) groups excluding carboxylic acids is 1. The van der Waals surface area contributed by atoms with Crippen molar-refractivity contribution in [2.24, 2.45) is 0 Å². The molecule has 1 atom stereocenters. The molecule has 3 heteroatoms. The lowest BCUT2D eigenvalue weighted by Gasteiger charge is -2.17. The van der Waals surface area contributed by atoms with Crippen LogP contribution in [-0.4, -0.2) is 42.0 Å². The van der Waals surface area contributed by atoms with E-state index < -0.39 is 6.10 Å². The van der Waals surface area contributed by atoms with Crippen LogP contribution in [0.15, 0.2) is 18.2 Å². The Hall–Kier alpha value is -1.19. The Kier molecular flexibility index (Phi) is 4.85. The molecule has 0 fully saturated rings. The van der Waals surface area contributed by atoms with Gasteiger partial charge in [-0.25, -0.2) is 0 Å². The first kappa shape index (κ1) is 13.9. The minimum absolute atomic E-state index is 0.0938. The molecular formula is C14H21NO2. The largest absolute Gasteiger partial charge is 0.392 e. The van der Waals surface area contributed by atoms with Gasteiger partial charge in [0.2, 0.25) is 0 Å². The highest BCUT2D eigenvalue weighted by Gasteiger charge is 2.11. The van der Waals surface area contributed by atoms with E-state index in [1.807, 2.05) is 44.0 Å². The minimum Gasteiger partial charge on any atom is -0.392 e. The van der Waals surface area contributed by atoms with Gasteiger partial charge in [0.25, 0.3) is 0 Å². The number of carbonyl (C=O) groups is 1. The molecule has 1 unspecified atom stereocenters. The van der Waals surface area contributed by atoms with Crippen molar-refractivity contribution in [3.63, 3.8) is 0 Å². The van der Waals surface area contributed by atoms with Crippen LogP contribution in [0, 0.1) is 13.8 Å². The van der Waals surface area contributed by atoms with Crippen LogP contribution in [-0.2, 0) is 0 Å². The van der Waals surface area contributed by atoms with Crippen molar-refractivity contribution in [2.45, 2.75) is 26.9 Å². The summed E-state index contributed by atoms with van der Waals surface area (Å²) in [7, 11) is 1.84. The first-order chi connectivity index (χ1) is 7.90. The third-order valence-corrected chi connectivity index (χ3v) is 2.82. The third kappa shape index (κ3) is 4.29. The highest BCUT2D eigenvalue weighted by molar-refractivity contribution is 5.97. The minimum atomic E-state index is -0.410. The predicted molar refractivity (Wildman–Crippen MR) is 69.4 cm³/mol. The first-order valence-electron chi connectivity index (χ1n) is 5.87. The van der Waals surface area contributed by atoms with Crippen molar-refractivity contribution in [1.82, 2.24) is 4.90 Å². The zero-order valence-electron chi connectivity index (χ0n) is 11.0. The summed E-state index contributed by atoms with van der Waals surface area (Å²) in [5.74, 6) is 0.0938. The smallest absolute Gasteiger partial charge is 0.176 e. The SMILES string of the molecule is Cc1ccc(C(=O)CN(C)CC(C)O)cc1C. The van der Waals surface area contributed by atoms with E-state index in [9.17, 15) is 9.90 Å². The van der Waals surface area contributed by atoms with Gasteiger partial charge in [0.05, 0.1) is 12.6 Å². The number of ketones is 1. The van der Waals surface area contributed by atoms with Gasteiger partial charge in [0, 0.05) is 12.1 Å². The first-order valence-corrected chi connectivity index (χ1v) is 5.87. The van der Waals surface area contributed by atoms with Crippen LogP contribution in [0.2, 0.25) is 0 Å². The van der Waals surface area contributed by atoms with Gasteiger partial charge in [-0.1, -0.05) is 12.1 Å². The molecule has 3 nitrogen and oxygen atoms in total. The van der Waals surface area contributed by atoms with E-state index >= 15 is 0 Å². The number of hydrogen-bond donors (Lipinski definition) is 1. The van der Waals surface area contributed by atoms with Gasteiger partial charge in [0.15, 0.2) is 5.78 Å². The zero-order valence-corrected chi connectivity index (χ0v) is 11.0. The van der Waals surface area contributed by atoms with Crippen molar-refractivity contribution in [3.05, 3.63) is 34.9 Å². The maximum atomic E-state index is 12.0. The monoisotopic (exact) mass is 235 g/mol. The molecule has 1 aromatic rings. The number of benzene rings is 1. The summed E-state index contributed by atoms with van der Waals surface area (Å²) in [4.78, 5) is 13.8. The molecule has 0 aliphatic heterocycles. The fraction of sp³-hybridized carbons (Fsp3) is 0.500. The number of rotatable bonds is 5. The molecule has 0 aliphatic rings. The maximum Gasteiger partial charge on any atom is 0.176 e. The number of aryl methyl sites for hydroxylation is 2. The van der Waals surface area contributed by atoms with E-state index in [0.29, 0.717) is 13.1 Å². The van der Waals surface area contributed by atoms with E-state index in [-0.39, 0.29) is 5.78 Å². The lowest BCUT2D eigenvalue weighted by atomic mass is 10.0. The molecule has 0 aromatic heterocycles. The molecule has 94 valence electrons. The zero-order chi connectivity index (χ0) is 13.0. The van der Waals surface area contributed by atoms with Crippen LogP contribution < -0.4 is 0 Å². The average molecular weight is 235 g/mol. The van der Waals surface area contributed by atoms with Gasteiger partial charge in [-0.05, 0) is 45.0 Å². The summed E-state index contributed by atoms with van der Waals surface area (Å²) in [6, 6.07) is 5.76. The third-order valence-electron chi connectivity index (χ3n) is 2.82. The maximum absolute atomic E-state index is 12.0. The summed E-state index contributed by atoms with van der Waals surface area (Å²) in [6.45, 7) is 6.61. The fourth-order valence-electron chi connectivity index (χ4n) is 1.77. The van der Waals surface area contributed by atoms with Gasteiger partial charge in [-0.2, -0.15) is 0 Å². The van der Waals surface area contributed by atoms with Crippen LogP contribution in [0.3, 0.4) is 0 Å². The Morgan fingerprint density at radius 1 is 1.35 bits per heavy atom. The van der Waals surface area contributed by atoms with E-state index in [4.69, 9.17) is 0 Å². The van der Waals surface area contributed by atoms with Crippen molar-refractivity contribution in [2.75, 3.05) is 20.1 Å². The highest BCUT2D eigenvalue weighted by Crippen LogP contribution is 2.10. The van der Waals surface area contributed by atoms with Crippen molar-refractivity contribution in [3.8, 4) is 0 Å². The Bertz CT molecular complexity index is 399. The average Bonchev–Trinajstić information content (AvgIpc) is 2.20. The summed E-state index contributed by atoms with van der Waals surface area (Å²) >= 11 is 0. The molecule has 0 amide bonds. The fourth-order valence-corrected chi connectivity index (χ4v) is 1.77. The van der Waals surface area contributed by atoms with Crippen LogP contribution in [0.1, 0.15) is 28.4 Å². The van der Waals surface area contributed by atoms with Crippen molar-refractivity contribution in [1.29, 1.82) is 0 Å². The van der Waals surface area contributed by atoms with Crippen molar-refractivity contribution < 1.29 is 9.90 Å². The standard InChI is InChI=1S/C14H21NO2/c1-10-5-6-13(7-11(10)2)14(17)9-15(4)8-12(3)16/h5-7,12,16H,8-9H2,1-4H3. The molecule has 0 spiro atoms. The molecule has 1 rings (SSSR count). The van der Waals surface area contributed by atoms with E-state index in [1.165, 1.54) is 5.56 Å². The predicted octanol–water partition coefficient (Wildman–Crippen LogP) is 1.80. The second kappa shape index (κ2) is 5.94. The molecule has 1 aromatic carbocycles. The molecule has 0 saturated carbocycles. The number of hydrogen-bond acceptors (Lipinski definition) is 3. The normalized spacial score (nSPS) is 12.8. The van der Waals surface area contributed by atoms with Crippen LogP contribution in [0.5, 0.6) is 0 Å². The molecule has 0 heterocycles. The molecule has 0 radical (unpaired) electrons. The van der Waals surface area contributed by atoms with Gasteiger partial charge in [-0.15, -0.1) is 0 Å². The summed E-state index contributed by atoms with van der Waals surface area (Å²) in [5.41, 5.74) is 3.07. The second-order valence-corrected chi connectivity index (χ2v) is 4.77. The molecule has 17 heavy (non-hydrogen) atoms. The van der Waals surface area contributed by atoms with Gasteiger partial charge < -0.3 is 5.11 Å². The number of aliphatic hydroxyl groups is 1. The Balaban J connectivity index is 2.66. The second-order valence-electron chi connectivity index (χ2n) is 4.77. The Morgan fingerprint density at radius 3 is 2.53 bits per heavy atom. The van der Waals surface area contributed by atoms with E-state index in [2.05, 4.69) is 0 Å². The van der Waals surface area contributed by atoms with Crippen molar-refractivity contribution >= 4 is 5.78 Å². The summed E-state index contributed by atoms with van der Waals surface area (Å²) in [6.07, 6.45) is -0.410. The number of likely N-dealkylation sites (N-methyl/N-ethyl adjacent to an activating group) is 1. The molecule has 0 bridgehead atoms. The highest BCUT2D eigenvalue weighted by atomic mass is 16.3. The number of nitrogens with zero attached hydrogens (tertiary/aromatic N) is 1. The molecular weight excluding hydrogens is 214 g/mol. The Morgan fingerprint density at radius 2 is 2.00 bits per heavy atom. The number of Topliss-reactive ketones (excluding diaryl/α,β-unsaturated/α-hetero) is 1. The topological polar surface area (TPSA) is 40.5 Å². The van der Waals surface area contributed by atoms with Crippen LogP contribution in [0.4, 0.5) is 0 Å². The lowest BCUT2D eigenvalue weighted by Crippen LogP contribution is -2.32. The number of aliphatic hydroxyl groups excluding tert-OH is 1. The molecule has 0 saturated heterocycles. The van der Waals surface area contributed by atoms with Crippen LogP contribution >= 0.6 is 0 Å². The van der Waals surface area contributed by atoms with Gasteiger partial charge in [0.1, 0.15) is 0 Å². The lowest BCUT2D eigenvalue weighted by molar-refractivity contribution is 0.0901. The molecule has 1 N–H and O–H groups in total. The van der Waals surface area contributed by atoms with E-state index in [0.717, 1.165) is 11.1 Å². The Labute approximate surface area is 103 Å². The summed E-state index contributed by atoms with van der Waals surface area (Å²) in [5, 5.41) is 9.23. The van der Waals surface area contributed by atoms with Crippen LogP contribution in [0.25, 0.3) is 0 Å².